The highest BCUT2D eigenvalue weighted by Gasteiger charge is 2.15. The predicted octanol–water partition coefficient (Wildman–Crippen LogP) is 4.29. The fourth-order valence-electron chi connectivity index (χ4n) is 1.62. The first-order valence-electron chi connectivity index (χ1n) is 4.96. The third-order valence-electron chi connectivity index (χ3n) is 2.39. The van der Waals surface area contributed by atoms with Crippen LogP contribution in [0.15, 0.2) is 12.1 Å². The second-order valence-corrected chi connectivity index (χ2v) is 4.62. The van der Waals surface area contributed by atoms with Gasteiger partial charge in [0.05, 0.1) is 0 Å². The molecular formula is C12H17ClO. The summed E-state index contributed by atoms with van der Waals surface area (Å²) < 4.78 is 0. The molecule has 0 heterocycles. The minimum Gasteiger partial charge on any atom is -0.507 e. The average Bonchev–Trinajstić information content (AvgIpc) is 2.02. The fourth-order valence-corrected chi connectivity index (χ4v) is 1.99. The first-order valence-corrected chi connectivity index (χ1v) is 5.34. The highest BCUT2D eigenvalue weighted by atomic mass is 35.5. The van der Waals surface area contributed by atoms with Gasteiger partial charge in [-0.3, -0.25) is 0 Å². The maximum Gasteiger partial charge on any atom is 0.123 e. The van der Waals surface area contributed by atoms with Gasteiger partial charge in [0.1, 0.15) is 5.75 Å². The second-order valence-electron chi connectivity index (χ2n) is 4.21. The lowest BCUT2D eigenvalue weighted by molar-refractivity contribution is 0.454. The maximum absolute atomic E-state index is 10.0. The topological polar surface area (TPSA) is 20.2 Å². The van der Waals surface area contributed by atoms with Crippen molar-refractivity contribution in [3.05, 3.63) is 28.3 Å². The van der Waals surface area contributed by atoms with E-state index in [0.29, 0.717) is 16.7 Å². The molecule has 2 heteroatoms. The maximum atomic E-state index is 10.0. The fraction of sp³-hybridized carbons (Fsp3) is 0.500. The Hall–Kier alpha value is -0.690. The molecule has 0 spiro atoms. The first-order chi connectivity index (χ1) is 6.45. The Balaban J connectivity index is 3.34. The number of hydrogen-bond donors (Lipinski definition) is 1. The SMILES string of the molecule is CC(C)c1ccc(Cl)c(C(C)C)c1O. The molecular weight excluding hydrogens is 196 g/mol. The zero-order valence-electron chi connectivity index (χ0n) is 9.13. The smallest absolute Gasteiger partial charge is 0.123 e. The van der Waals surface area contributed by atoms with E-state index in [4.69, 9.17) is 11.6 Å². The van der Waals surface area contributed by atoms with Gasteiger partial charge in [0.15, 0.2) is 0 Å². The van der Waals surface area contributed by atoms with Crippen LogP contribution in [-0.4, -0.2) is 5.11 Å². The van der Waals surface area contributed by atoms with Crippen LogP contribution in [0.25, 0.3) is 0 Å². The summed E-state index contributed by atoms with van der Waals surface area (Å²) >= 11 is 6.04. The first kappa shape index (κ1) is 11.4. The number of phenols is 1. The number of rotatable bonds is 2. The van der Waals surface area contributed by atoms with E-state index < -0.39 is 0 Å². The van der Waals surface area contributed by atoms with Gasteiger partial charge in [-0.1, -0.05) is 45.4 Å². The van der Waals surface area contributed by atoms with Crippen LogP contribution in [0.3, 0.4) is 0 Å². The van der Waals surface area contributed by atoms with Crippen molar-refractivity contribution in [2.75, 3.05) is 0 Å². The van der Waals surface area contributed by atoms with E-state index in [1.54, 1.807) is 0 Å². The van der Waals surface area contributed by atoms with Gasteiger partial charge in [0.2, 0.25) is 0 Å². The normalized spacial score (nSPS) is 11.4. The summed E-state index contributed by atoms with van der Waals surface area (Å²) in [6.45, 7) is 8.19. The van der Waals surface area contributed by atoms with Crippen molar-refractivity contribution in [2.45, 2.75) is 39.5 Å². The molecule has 1 aromatic rings. The Labute approximate surface area is 90.7 Å². The van der Waals surface area contributed by atoms with Gasteiger partial charge in [-0.15, -0.1) is 0 Å². The molecule has 0 aliphatic rings. The van der Waals surface area contributed by atoms with E-state index >= 15 is 0 Å². The van der Waals surface area contributed by atoms with Crippen LogP contribution in [0.1, 0.15) is 50.7 Å². The molecule has 1 N–H and O–H groups in total. The van der Waals surface area contributed by atoms with Crippen molar-refractivity contribution in [2.24, 2.45) is 0 Å². The van der Waals surface area contributed by atoms with Gasteiger partial charge < -0.3 is 5.11 Å². The Morgan fingerprint density at radius 2 is 1.64 bits per heavy atom. The minimum absolute atomic E-state index is 0.251. The Morgan fingerprint density at radius 1 is 1.07 bits per heavy atom. The number of halogens is 1. The lowest BCUT2D eigenvalue weighted by Gasteiger charge is -2.16. The van der Waals surface area contributed by atoms with Crippen molar-refractivity contribution in [1.82, 2.24) is 0 Å². The van der Waals surface area contributed by atoms with E-state index in [9.17, 15) is 5.11 Å². The Bertz CT molecular complexity index is 329. The predicted molar refractivity (Wildman–Crippen MR) is 61.3 cm³/mol. The standard InChI is InChI=1S/C12H17ClO/c1-7(2)9-5-6-10(13)11(8(3)4)12(9)14/h5-8,14H,1-4H3. The molecule has 0 saturated heterocycles. The zero-order chi connectivity index (χ0) is 10.9. The summed E-state index contributed by atoms with van der Waals surface area (Å²) in [4.78, 5) is 0. The molecule has 0 fully saturated rings. The quantitative estimate of drug-likeness (QED) is 0.776. The molecule has 1 rings (SSSR count). The highest BCUT2D eigenvalue weighted by Crippen LogP contribution is 2.37. The summed E-state index contributed by atoms with van der Waals surface area (Å²) in [5, 5.41) is 10.7. The van der Waals surface area contributed by atoms with Crippen molar-refractivity contribution in [1.29, 1.82) is 0 Å². The molecule has 0 bridgehead atoms. The summed E-state index contributed by atoms with van der Waals surface area (Å²) in [5.41, 5.74) is 1.83. The summed E-state index contributed by atoms with van der Waals surface area (Å²) in [6.07, 6.45) is 0. The van der Waals surface area contributed by atoms with Crippen LogP contribution < -0.4 is 0 Å². The summed E-state index contributed by atoms with van der Waals surface area (Å²) in [6, 6.07) is 3.76. The molecule has 0 amide bonds. The van der Waals surface area contributed by atoms with Gasteiger partial charge in [-0.05, 0) is 23.5 Å². The molecule has 0 atom stereocenters. The van der Waals surface area contributed by atoms with E-state index in [2.05, 4.69) is 13.8 Å². The van der Waals surface area contributed by atoms with E-state index in [1.807, 2.05) is 26.0 Å². The molecule has 0 aliphatic carbocycles. The number of phenolic OH excluding ortho intramolecular Hbond substituents is 1. The Morgan fingerprint density at radius 3 is 2.07 bits per heavy atom. The van der Waals surface area contributed by atoms with Crippen LogP contribution >= 0.6 is 11.6 Å². The van der Waals surface area contributed by atoms with Gasteiger partial charge in [0.25, 0.3) is 0 Å². The zero-order valence-corrected chi connectivity index (χ0v) is 9.89. The largest absolute Gasteiger partial charge is 0.507 e. The molecule has 78 valence electrons. The number of aromatic hydroxyl groups is 1. The van der Waals surface area contributed by atoms with Crippen molar-refractivity contribution in [3.8, 4) is 5.75 Å². The van der Waals surface area contributed by atoms with Gasteiger partial charge in [0, 0.05) is 10.6 Å². The molecule has 0 saturated carbocycles. The molecule has 14 heavy (non-hydrogen) atoms. The van der Waals surface area contributed by atoms with E-state index in [0.717, 1.165) is 11.1 Å². The van der Waals surface area contributed by atoms with Crippen LogP contribution in [0.2, 0.25) is 5.02 Å². The third-order valence-corrected chi connectivity index (χ3v) is 2.72. The number of benzene rings is 1. The van der Waals surface area contributed by atoms with Crippen LogP contribution in [0.4, 0.5) is 0 Å². The van der Waals surface area contributed by atoms with Gasteiger partial charge in [-0.2, -0.15) is 0 Å². The monoisotopic (exact) mass is 212 g/mol. The van der Waals surface area contributed by atoms with Crippen LogP contribution in [0, 0.1) is 0 Å². The lowest BCUT2D eigenvalue weighted by atomic mass is 9.94. The highest BCUT2D eigenvalue weighted by molar-refractivity contribution is 6.31. The van der Waals surface area contributed by atoms with Crippen LogP contribution in [-0.2, 0) is 0 Å². The summed E-state index contributed by atoms with van der Waals surface area (Å²) in [5.74, 6) is 0.938. The van der Waals surface area contributed by atoms with Crippen molar-refractivity contribution < 1.29 is 5.11 Å². The molecule has 1 aromatic carbocycles. The third kappa shape index (κ3) is 2.03. The molecule has 0 radical (unpaired) electrons. The number of hydrogen-bond acceptors (Lipinski definition) is 1. The molecule has 1 nitrogen and oxygen atoms in total. The van der Waals surface area contributed by atoms with E-state index in [1.165, 1.54) is 0 Å². The average molecular weight is 213 g/mol. The minimum atomic E-state index is 0.251. The second kappa shape index (κ2) is 4.22. The van der Waals surface area contributed by atoms with Crippen molar-refractivity contribution in [3.63, 3.8) is 0 Å². The lowest BCUT2D eigenvalue weighted by Crippen LogP contribution is -1.96. The van der Waals surface area contributed by atoms with Crippen molar-refractivity contribution >= 4 is 11.6 Å². The van der Waals surface area contributed by atoms with Gasteiger partial charge >= 0.3 is 0 Å². The molecule has 0 aliphatic heterocycles. The molecule has 0 unspecified atom stereocenters. The van der Waals surface area contributed by atoms with E-state index in [-0.39, 0.29) is 5.92 Å². The molecule has 0 aromatic heterocycles. The van der Waals surface area contributed by atoms with Crippen LogP contribution in [0.5, 0.6) is 5.75 Å². The van der Waals surface area contributed by atoms with Gasteiger partial charge in [-0.25, -0.2) is 0 Å². The summed E-state index contributed by atoms with van der Waals surface area (Å²) in [7, 11) is 0. The Kier molecular flexibility index (Phi) is 3.43.